The Balaban J connectivity index is 1.20. The Hall–Kier alpha value is -2.85. The lowest BCUT2D eigenvalue weighted by atomic mass is 9.60. The molecule has 31 heavy (non-hydrogen) atoms. The zero-order valence-corrected chi connectivity index (χ0v) is 18.0. The van der Waals surface area contributed by atoms with Crippen LogP contribution in [0.15, 0.2) is 83.7 Å². The largest absolute Gasteiger partial charge is 0.472 e. The highest BCUT2D eigenvalue weighted by molar-refractivity contribution is 6.06. The van der Waals surface area contributed by atoms with Crippen molar-refractivity contribution in [3.63, 3.8) is 0 Å². The van der Waals surface area contributed by atoms with E-state index in [1.54, 1.807) is 18.6 Å². The second-order valence-electron chi connectivity index (χ2n) is 9.16. The lowest BCUT2D eigenvalue weighted by molar-refractivity contribution is 0.0157. The van der Waals surface area contributed by atoms with Crippen LogP contribution in [0, 0.1) is 5.41 Å². The standard InChI is InChI=1S/C27H30N2O2/c30-26(23-12-18-31-21-23)29(24-9-5-2-6-10-24)25-19-27(20-25)13-16-28(17-14-27)15-11-22-7-3-1-4-8-22/h1-10,12,18,21,25H,11,13-17,19-20H2. The minimum Gasteiger partial charge on any atom is -0.472 e. The highest BCUT2D eigenvalue weighted by Gasteiger charge is 2.49. The van der Waals surface area contributed by atoms with Crippen LogP contribution in [0.2, 0.25) is 0 Å². The van der Waals surface area contributed by atoms with Gasteiger partial charge in [-0.25, -0.2) is 0 Å². The number of carbonyl (C=O) groups is 1. The number of likely N-dealkylation sites (tertiary alicyclic amines) is 1. The smallest absolute Gasteiger partial charge is 0.261 e. The van der Waals surface area contributed by atoms with Crippen molar-refractivity contribution in [3.8, 4) is 0 Å². The maximum Gasteiger partial charge on any atom is 0.261 e. The van der Waals surface area contributed by atoms with E-state index in [1.165, 1.54) is 31.5 Å². The number of anilines is 1. The summed E-state index contributed by atoms with van der Waals surface area (Å²) in [5, 5.41) is 0. The van der Waals surface area contributed by atoms with Gasteiger partial charge in [-0.15, -0.1) is 0 Å². The van der Waals surface area contributed by atoms with Gasteiger partial charge in [0.15, 0.2) is 0 Å². The SMILES string of the molecule is O=C(c1ccoc1)N(c1ccccc1)C1CC2(CCN(CCc3ccccc3)CC2)C1. The van der Waals surface area contributed by atoms with Crippen molar-refractivity contribution in [1.82, 2.24) is 4.90 Å². The third kappa shape index (κ3) is 4.31. The summed E-state index contributed by atoms with van der Waals surface area (Å²) in [7, 11) is 0. The summed E-state index contributed by atoms with van der Waals surface area (Å²) in [4.78, 5) is 17.8. The van der Waals surface area contributed by atoms with Crippen LogP contribution in [0.5, 0.6) is 0 Å². The summed E-state index contributed by atoms with van der Waals surface area (Å²) < 4.78 is 5.18. The minimum atomic E-state index is 0.0418. The first-order valence-electron chi connectivity index (χ1n) is 11.4. The van der Waals surface area contributed by atoms with Gasteiger partial charge in [-0.3, -0.25) is 4.79 Å². The fraction of sp³-hybridized carbons (Fsp3) is 0.370. The van der Waals surface area contributed by atoms with Gasteiger partial charge in [0.2, 0.25) is 0 Å². The highest BCUT2D eigenvalue weighted by Crippen LogP contribution is 2.51. The van der Waals surface area contributed by atoms with E-state index in [1.807, 2.05) is 35.2 Å². The molecule has 1 amide bonds. The van der Waals surface area contributed by atoms with Crippen LogP contribution >= 0.6 is 0 Å². The van der Waals surface area contributed by atoms with E-state index >= 15 is 0 Å². The van der Waals surface area contributed by atoms with Gasteiger partial charge in [-0.1, -0.05) is 48.5 Å². The Bertz CT molecular complexity index is 969. The number of amides is 1. The number of para-hydroxylation sites is 1. The molecule has 1 aliphatic carbocycles. The molecule has 1 saturated heterocycles. The first-order valence-corrected chi connectivity index (χ1v) is 11.4. The molecule has 4 nitrogen and oxygen atoms in total. The van der Waals surface area contributed by atoms with E-state index in [-0.39, 0.29) is 11.9 Å². The van der Waals surface area contributed by atoms with Crippen molar-refractivity contribution in [2.75, 3.05) is 24.5 Å². The molecule has 0 bridgehead atoms. The molecule has 0 atom stereocenters. The Labute approximate surface area is 184 Å². The van der Waals surface area contributed by atoms with Crippen LogP contribution in [-0.4, -0.2) is 36.5 Å². The molecular formula is C27H30N2O2. The van der Waals surface area contributed by atoms with E-state index in [0.717, 1.165) is 31.5 Å². The van der Waals surface area contributed by atoms with E-state index in [2.05, 4.69) is 35.2 Å². The third-order valence-electron chi connectivity index (χ3n) is 7.20. The van der Waals surface area contributed by atoms with Gasteiger partial charge >= 0.3 is 0 Å². The number of nitrogens with zero attached hydrogens (tertiary/aromatic N) is 2. The maximum absolute atomic E-state index is 13.2. The predicted octanol–water partition coefficient (Wildman–Crippen LogP) is 5.41. The second kappa shape index (κ2) is 8.72. The number of benzene rings is 2. The van der Waals surface area contributed by atoms with Gasteiger partial charge in [-0.05, 0) is 74.4 Å². The van der Waals surface area contributed by atoms with Gasteiger partial charge in [0, 0.05) is 18.3 Å². The summed E-state index contributed by atoms with van der Waals surface area (Å²) >= 11 is 0. The van der Waals surface area contributed by atoms with Crippen LogP contribution in [0.3, 0.4) is 0 Å². The quantitative estimate of drug-likeness (QED) is 0.541. The zero-order chi connectivity index (χ0) is 21.1. The van der Waals surface area contributed by atoms with Gasteiger partial charge in [-0.2, -0.15) is 0 Å². The van der Waals surface area contributed by atoms with Crippen molar-refractivity contribution < 1.29 is 9.21 Å². The van der Waals surface area contributed by atoms with Gasteiger partial charge in [0.1, 0.15) is 6.26 Å². The Morgan fingerprint density at radius 3 is 2.29 bits per heavy atom. The lowest BCUT2D eigenvalue weighted by Gasteiger charge is -2.55. The summed E-state index contributed by atoms with van der Waals surface area (Å²) in [6.07, 6.45) is 8.91. The topological polar surface area (TPSA) is 36.7 Å². The normalized spacial score (nSPS) is 18.6. The number of hydrogen-bond donors (Lipinski definition) is 0. The number of furan rings is 1. The third-order valence-corrected chi connectivity index (χ3v) is 7.20. The Kier molecular flexibility index (Phi) is 5.65. The Morgan fingerprint density at radius 2 is 1.65 bits per heavy atom. The molecule has 160 valence electrons. The molecule has 1 saturated carbocycles. The van der Waals surface area contributed by atoms with Crippen molar-refractivity contribution in [2.45, 2.75) is 38.1 Å². The minimum absolute atomic E-state index is 0.0418. The molecule has 2 aliphatic rings. The molecule has 5 rings (SSSR count). The number of rotatable bonds is 6. The molecular weight excluding hydrogens is 384 g/mol. The number of piperidine rings is 1. The molecule has 1 aliphatic heterocycles. The predicted molar refractivity (Wildman–Crippen MR) is 123 cm³/mol. The van der Waals surface area contributed by atoms with E-state index in [4.69, 9.17) is 4.42 Å². The van der Waals surface area contributed by atoms with Crippen LogP contribution in [0.1, 0.15) is 41.6 Å². The molecule has 0 radical (unpaired) electrons. The first-order chi connectivity index (χ1) is 15.2. The molecule has 2 heterocycles. The number of carbonyl (C=O) groups excluding carboxylic acids is 1. The van der Waals surface area contributed by atoms with Gasteiger partial charge in [0.25, 0.3) is 5.91 Å². The van der Waals surface area contributed by atoms with Crippen molar-refractivity contribution >= 4 is 11.6 Å². The van der Waals surface area contributed by atoms with Gasteiger partial charge < -0.3 is 14.2 Å². The molecule has 0 unspecified atom stereocenters. The van der Waals surface area contributed by atoms with Gasteiger partial charge in [0.05, 0.1) is 11.8 Å². The molecule has 2 aromatic carbocycles. The van der Waals surface area contributed by atoms with Crippen LogP contribution < -0.4 is 4.90 Å². The maximum atomic E-state index is 13.2. The molecule has 1 aromatic heterocycles. The van der Waals surface area contributed by atoms with Crippen molar-refractivity contribution in [3.05, 3.63) is 90.4 Å². The second-order valence-corrected chi connectivity index (χ2v) is 9.16. The van der Waals surface area contributed by atoms with Crippen LogP contribution in [-0.2, 0) is 6.42 Å². The average Bonchev–Trinajstić information content (AvgIpc) is 3.34. The molecule has 1 spiro atoms. The van der Waals surface area contributed by atoms with Crippen molar-refractivity contribution in [1.29, 1.82) is 0 Å². The fourth-order valence-electron chi connectivity index (χ4n) is 5.32. The summed E-state index contributed by atoms with van der Waals surface area (Å²) in [5.41, 5.74) is 3.43. The lowest BCUT2D eigenvalue weighted by Crippen LogP contribution is -2.56. The van der Waals surface area contributed by atoms with E-state index < -0.39 is 0 Å². The summed E-state index contributed by atoms with van der Waals surface area (Å²) in [6.45, 7) is 3.47. The van der Waals surface area contributed by atoms with E-state index in [9.17, 15) is 4.79 Å². The fourth-order valence-corrected chi connectivity index (χ4v) is 5.32. The molecule has 0 N–H and O–H groups in total. The average molecular weight is 415 g/mol. The summed E-state index contributed by atoms with van der Waals surface area (Å²) in [6, 6.07) is 22.9. The van der Waals surface area contributed by atoms with Crippen LogP contribution in [0.4, 0.5) is 5.69 Å². The van der Waals surface area contributed by atoms with Crippen molar-refractivity contribution in [2.24, 2.45) is 5.41 Å². The molecule has 2 fully saturated rings. The highest BCUT2D eigenvalue weighted by atomic mass is 16.3. The van der Waals surface area contributed by atoms with E-state index in [0.29, 0.717) is 11.0 Å². The first kappa shape index (κ1) is 20.1. The summed E-state index contributed by atoms with van der Waals surface area (Å²) in [5.74, 6) is 0.0418. The van der Waals surface area contributed by atoms with Crippen LogP contribution in [0.25, 0.3) is 0 Å². The Morgan fingerprint density at radius 1 is 0.968 bits per heavy atom. The molecule has 3 aromatic rings. The number of hydrogen-bond acceptors (Lipinski definition) is 3. The molecule has 4 heteroatoms. The monoisotopic (exact) mass is 414 g/mol. The zero-order valence-electron chi connectivity index (χ0n) is 18.0.